The second kappa shape index (κ2) is 25.4. The van der Waals surface area contributed by atoms with Gasteiger partial charge in [-0.15, -0.1) is 0 Å². The highest BCUT2D eigenvalue weighted by Crippen LogP contribution is 2.36. The Morgan fingerprint density at radius 3 is 0.956 bits per heavy atom. The van der Waals surface area contributed by atoms with Gasteiger partial charge in [0.05, 0.1) is 112 Å². The molecule has 0 aliphatic heterocycles. The Bertz CT molecular complexity index is 895. The highest BCUT2D eigenvalue weighted by Gasteiger charge is 2.49. The fourth-order valence-electron chi connectivity index (χ4n) is 4.74. The van der Waals surface area contributed by atoms with Gasteiger partial charge in [0.25, 0.3) is 8.32 Å². The SMILES string of the molecule is CC(C)(C)[Si](OCCOCCOCCOCCOCCOCCOCCOCCOCCN)(c1ccccc1)c1ccccc1. The van der Waals surface area contributed by atoms with E-state index in [1.807, 2.05) is 0 Å². The van der Waals surface area contributed by atoms with E-state index in [4.69, 9.17) is 48.1 Å². The van der Waals surface area contributed by atoms with Gasteiger partial charge in [-0.3, -0.25) is 0 Å². The lowest BCUT2D eigenvalue weighted by Gasteiger charge is -2.43. The Balaban J connectivity index is 1.42. The Kier molecular flexibility index (Phi) is 22.2. The van der Waals surface area contributed by atoms with Crippen molar-refractivity contribution in [2.45, 2.75) is 25.8 Å². The topological polar surface area (TPSA) is 109 Å². The molecule has 0 spiro atoms. The molecular formula is C34H57NO9Si. The van der Waals surface area contributed by atoms with E-state index < -0.39 is 8.32 Å². The number of hydrogen-bond donors (Lipinski definition) is 1. The molecule has 2 rings (SSSR count). The molecule has 10 nitrogen and oxygen atoms in total. The van der Waals surface area contributed by atoms with Crippen molar-refractivity contribution in [1.82, 2.24) is 0 Å². The second-order valence-corrected chi connectivity index (χ2v) is 15.5. The van der Waals surface area contributed by atoms with Gasteiger partial charge in [-0.25, -0.2) is 0 Å². The van der Waals surface area contributed by atoms with Crippen molar-refractivity contribution >= 4 is 18.7 Å². The molecule has 2 aromatic carbocycles. The quantitative estimate of drug-likeness (QED) is 0.104. The van der Waals surface area contributed by atoms with Crippen LogP contribution < -0.4 is 16.1 Å². The molecular weight excluding hydrogens is 594 g/mol. The van der Waals surface area contributed by atoms with Crippen molar-refractivity contribution in [3.8, 4) is 0 Å². The monoisotopic (exact) mass is 651 g/mol. The number of benzene rings is 2. The number of nitrogens with two attached hydrogens (primary N) is 1. The summed E-state index contributed by atoms with van der Waals surface area (Å²) >= 11 is 0. The molecule has 2 aromatic rings. The molecule has 0 radical (unpaired) electrons. The van der Waals surface area contributed by atoms with Crippen LogP contribution in [0.3, 0.4) is 0 Å². The number of hydrogen-bond acceptors (Lipinski definition) is 10. The third-order valence-electron chi connectivity index (χ3n) is 6.83. The zero-order chi connectivity index (χ0) is 32.3. The van der Waals surface area contributed by atoms with Crippen LogP contribution in [0.2, 0.25) is 5.04 Å². The first-order chi connectivity index (χ1) is 22.0. The summed E-state index contributed by atoms with van der Waals surface area (Å²) in [5.74, 6) is 0. The Hall–Kier alpha value is -1.74. The van der Waals surface area contributed by atoms with Crippen LogP contribution in [0.15, 0.2) is 60.7 Å². The van der Waals surface area contributed by atoms with Crippen LogP contribution in [0.5, 0.6) is 0 Å². The fraction of sp³-hybridized carbons (Fsp3) is 0.647. The molecule has 0 amide bonds. The van der Waals surface area contributed by atoms with Crippen LogP contribution in [-0.2, 0) is 42.3 Å². The molecule has 0 aliphatic rings. The van der Waals surface area contributed by atoms with Crippen molar-refractivity contribution in [2.24, 2.45) is 5.73 Å². The number of rotatable bonds is 29. The highest BCUT2D eigenvalue weighted by atomic mass is 28.4. The first-order valence-electron chi connectivity index (χ1n) is 16.1. The zero-order valence-electron chi connectivity index (χ0n) is 27.8. The zero-order valence-corrected chi connectivity index (χ0v) is 28.8. The summed E-state index contributed by atoms with van der Waals surface area (Å²) < 4.78 is 50.9. The standard InChI is InChI=1S/C34H57NO9Si/c1-34(2,3)45(32-10-6-4-7-11-32,33-12-8-5-9-13-33)44-31-30-43-29-28-42-27-26-41-25-24-40-23-22-39-21-20-38-19-18-37-17-16-36-15-14-35/h4-13H,14-31,35H2,1-3H3. The Morgan fingerprint density at radius 1 is 0.422 bits per heavy atom. The van der Waals surface area contributed by atoms with Crippen molar-refractivity contribution < 1.29 is 42.3 Å². The van der Waals surface area contributed by atoms with E-state index in [-0.39, 0.29) is 5.04 Å². The lowest BCUT2D eigenvalue weighted by molar-refractivity contribution is -0.0235. The number of ether oxygens (including phenoxy) is 8. The van der Waals surface area contributed by atoms with E-state index in [1.165, 1.54) is 10.4 Å². The highest BCUT2D eigenvalue weighted by molar-refractivity contribution is 6.99. The van der Waals surface area contributed by atoms with Gasteiger partial charge >= 0.3 is 0 Å². The summed E-state index contributed by atoms with van der Waals surface area (Å²) in [5.41, 5.74) is 5.34. The van der Waals surface area contributed by atoms with Crippen LogP contribution in [-0.4, -0.2) is 127 Å². The van der Waals surface area contributed by atoms with Gasteiger partial charge in [0.2, 0.25) is 0 Å². The van der Waals surface area contributed by atoms with Crippen LogP contribution in [0.1, 0.15) is 20.8 Å². The van der Waals surface area contributed by atoms with Crippen LogP contribution >= 0.6 is 0 Å². The van der Waals surface area contributed by atoms with E-state index in [1.54, 1.807) is 0 Å². The van der Waals surface area contributed by atoms with E-state index in [0.717, 1.165) is 0 Å². The maximum Gasteiger partial charge on any atom is 0.261 e. The van der Waals surface area contributed by atoms with Gasteiger partial charge in [-0.1, -0.05) is 81.4 Å². The van der Waals surface area contributed by atoms with Gasteiger partial charge in [0, 0.05) is 6.54 Å². The van der Waals surface area contributed by atoms with Gasteiger partial charge < -0.3 is 48.1 Å². The molecule has 0 aromatic heterocycles. The third-order valence-corrected chi connectivity index (χ3v) is 11.9. The van der Waals surface area contributed by atoms with Crippen molar-refractivity contribution in [3.63, 3.8) is 0 Å². The van der Waals surface area contributed by atoms with E-state index >= 15 is 0 Å². The van der Waals surface area contributed by atoms with Crippen molar-refractivity contribution in [1.29, 1.82) is 0 Å². The summed E-state index contributed by atoms with van der Waals surface area (Å²) in [6, 6.07) is 21.3. The van der Waals surface area contributed by atoms with Gasteiger partial charge in [-0.2, -0.15) is 0 Å². The first-order valence-corrected chi connectivity index (χ1v) is 18.0. The van der Waals surface area contributed by atoms with Crippen LogP contribution in [0.4, 0.5) is 0 Å². The molecule has 11 heteroatoms. The van der Waals surface area contributed by atoms with Crippen molar-refractivity contribution in [3.05, 3.63) is 60.7 Å². The van der Waals surface area contributed by atoms with Gasteiger partial charge in [-0.05, 0) is 15.4 Å². The Morgan fingerprint density at radius 2 is 0.689 bits per heavy atom. The van der Waals surface area contributed by atoms with E-state index in [9.17, 15) is 0 Å². The largest absolute Gasteiger partial charge is 0.405 e. The lowest BCUT2D eigenvalue weighted by Crippen LogP contribution is -2.66. The molecule has 0 saturated heterocycles. The van der Waals surface area contributed by atoms with E-state index in [0.29, 0.717) is 119 Å². The van der Waals surface area contributed by atoms with Crippen LogP contribution in [0.25, 0.3) is 0 Å². The molecule has 0 bridgehead atoms. The molecule has 45 heavy (non-hydrogen) atoms. The molecule has 0 unspecified atom stereocenters. The summed E-state index contributed by atoms with van der Waals surface area (Å²) in [7, 11) is -2.53. The summed E-state index contributed by atoms with van der Waals surface area (Å²) in [6.07, 6.45) is 0. The molecule has 256 valence electrons. The molecule has 0 aliphatic carbocycles. The minimum atomic E-state index is -2.53. The summed E-state index contributed by atoms with van der Waals surface area (Å²) in [6.45, 7) is 16.3. The molecule has 0 saturated carbocycles. The second-order valence-electron chi connectivity index (χ2n) is 11.2. The average Bonchev–Trinajstić information content (AvgIpc) is 3.05. The maximum absolute atomic E-state index is 6.84. The predicted octanol–water partition coefficient (Wildman–Crippen LogP) is 2.65. The fourth-order valence-corrected chi connectivity index (χ4v) is 9.29. The third kappa shape index (κ3) is 16.6. The van der Waals surface area contributed by atoms with E-state index in [2.05, 4.69) is 81.4 Å². The molecule has 0 atom stereocenters. The summed E-state index contributed by atoms with van der Waals surface area (Å²) in [4.78, 5) is 0. The minimum Gasteiger partial charge on any atom is -0.405 e. The normalized spacial score (nSPS) is 12.2. The lowest BCUT2D eigenvalue weighted by atomic mass is 10.2. The molecule has 0 heterocycles. The van der Waals surface area contributed by atoms with Gasteiger partial charge in [0.15, 0.2) is 0 Å². The van der Waals surface area contributed by atoms with Crippen LogP contribution in [0, 0.1) is 0 Å². The van der Waals surface area contributed by atoms with Gasteiger partial charge in [0.1, 0.15) is 0 Å². The minimum absolute atomic E-state index is 0.0509. The summed E-state index contributed by atoms with van der Waals surface area (Å²) in [5, 5.41) is 2.49. The molecule has 0 fully saturated rings. The van der Waals surface area contributed by atoms with Crippen molar-refractivity contribution in [2.75, 3.05) is 119 Å². The average molecular weight is 652 g/mol. The maximum atomic E-state index is 6.84. The smallest absolute Gasteiger partial charge is 0.261 e. The first kappa shape index (κ1) is 39.4. The predicted molar refractivity (Wildman–Crippen MR) is 179 cm³/mol. The Labute approximate surface area is 271 Å². The molecule has 2 N–H and O–H groups in total.